The zero-order chi connectivity index (χ0) is 16.2. The maximum absolute atomic E-state index is 12.8. The molecule has 23 heavy (non-hydrogen) atoms. The molecular weight excluding hydrogens is 292 g/mol. The summed E-state index contributed by atoms with van der Waals surface area (Å²) in [6, 6.07) is 9.49. The predicted molar refractivity (Wildman–Crippen MR) is 86.5 cm³/mol. The Kier molecular flexibility index (Phi) is 5.08. The Bertz CT molecular complexity index is 559. The van der Waals surface area contributed by atoms with E-state index in [9.17, 15) is 14.7 Å². The van der Waals surface area contributed by atoms with Crippen molar-refractivity contribution in [3.63, 3.8) is 0 Å². The Hall–Kier alpha value is -1.72. The quantitative estimate of drug-likeness (QED) is 0.837. The zero-order valence-corrected chi connectivity index (χ0v) is 13.4. The van der Waals surface area contributed by atoms with Crippen LogP contribution in [0.3, 0.4) is 0 Å². The fourth-order valence-corrected chi connectivity index (χ4v) is 3.75. The van der Waals surface area contributed by atoms with Crippen LogP contribution in [-0.2, 0) is 16.1 Å². The molecule has 2 atom stereocenters. The van der Waals surface area contributed by atoms with Crippen molar-refractivity contribution in [2.75, 3.05) is 13.2 Å². The van der Waals surface area contributed by atoms with E-state index in [-0.39, 0.29) is 36.9 Å². The van der Waals surface area contributed by atoms with Gasteiger partial charge in [-0.2, -0.15) is 0 Å². The fraction of sp³-hybridized carbons (Fsp3) is 0.556. The fourth-order valence-electron chi connectivity index (χ4n) is 3.75. The lowest BCUT2D eigenvalue weighted by Gasteiger charge is -2.38. The first-order valence-corrected chi connectivity index (χ1v) is 8.45. The van der Waals surface area contributed by atoms with E-state index in [1.807, 2.05) is 30.3 Å². The first kappa shape index (κ1) is 16.1. The van der Waals surface area contributed by atoms with Crippen molar-refractivity contribution >= 4 is 11.8 Å². The lowest BCUT2D eigenvalue weighted by atomic mass is 9.97. The van der Waals surface area contributed by atoms with Gasteiger partial charge in [0, 0.05) is 12.6 Å². The number of hydrogen-bond acceptors (Lipinski definition) is 4. The molecule has 0 unspecified atom stereocenters. The summed E-state index contributed by atoms with van der Waals surface area (Å²) in [7, 11) is 0. The van der Waals surface area contributed by atoms with Crippen LogP contribution in [0.2, 0.25) is 0 Å². The Balaban J connectivity index is 1.72. The summed E-state index contributed by atoms with van der Waals surface area (Å²) in [4.78, 5) is 28.7. The second kappa shape index (κ2) is 7.23. The number of rotatable bonds is 5. The van der Waals surface area contributed by atoms with Gasteiger partial charge in [0.1, 0.15) is 0 Å². The predicted octanol–water partition coefficient (Wildman–Crippen LogP) is 1.55. The summed E-state index contributed by atoms with van der Waals surface area (Å²) in [6.45, 7) is 1.32. The van der Waals surface area contributed by atoms with Crippen molar-refractivity contribution in [3.05, 3.63) is 35.9 Å². The maximum atomic E-state index is 12.8. The molecule has 2 aliphatic rings. The van der Waals surface area contributed by atoms with Crippen molar-refractivity contribution < 1.29 is 14.7 Å². The van der Waals surface area contributed by atoms with Crippen molar-refractivity contribution in [3.8, 4) is 0 Å². The number of aliphatic hydroxyl groups is 1. The molecule has 0 radical (unpaired) electrons. The van der Waals surface area contributed by atoms with Gasteiger partial charge in [-0.1, -0.05) is 36.8 Å². The molecule has 1 N–H and O–H groups in total. The molecule has 1 aromatic carbocycles. The molecule has 2 saturated heterocycles. The molecule has 0 spiro atoms. The third-order valence-electron chi connectivity index (χ3n) is 4.94. The smallest absolute Gasteiger partial charge is 0.247 e. The highest BCUT2D eigenvalue weighted by Crippen LogP contribution is 2.28. The molecular formula is C18H24N2O3. The summed E-state index contributed by atoms with van der Waals surface area (Å²) in [5.41, 5.74) is 0.973. The number of hydrogen-bond donors (Lipinski definition) is 1. The molecule has 0 bridgehead atoms. The van der Waals surface area contributed by atoms with Gasteiger partial charge in [-0.3, -0.25) is 19.4 Å². The molecule has 0 aromatic heterocycles. The number of nitrogens with zero attached hydrogens (tertiary/aromatic N) is 2. The average molecular weight is 316 g/mol. The number of benzene rings is 1. The van der Waals surface area contributed by atoms with Crippen LogP contribution in [-0.4, -0.2) is 52.0 Å². The summed E-state index contributed by atoms with van der Waals surface area (Å²) < 4.78 is 0. The Morgan fingerprint density at radius 3 is 2.65 bits per heavy atom. The SMILES string of the molecule is O=C1C[C@H](N2CCCC[C@@H]2CCO)C(=O)N1Cc1ccccc1. The molecule has 2 heterocycles. The van der Waals surface area contributed by atoms with Gasteiger partial charge in [-0.25, -0.2) is 0 Å². The van der Waals surface area contributed by atoms with E-state index in [1.165, 1.54) is 4.90 Å². The van der Waals surface area contributed by atoms with Gasteiger partial charge in [0.05, 0.1) is 19.0 Å². The highest BCUT2D eigenvalue weighted by molar-refractivity contribution is 6.05. The number of amides is 2. The van der Waals surface area contributed by atoms with E-state index in [1.54, 1.807) is 0 Å². The van der Waals surface area contributed by atoms with Crippen LogP contribution < -0.4 is 0 Å². The molecule has 2 amide bonds. The van der Waals surface area contributed by atoms with E-state index >= 15 is 0 Å². The topological polar surface area (TPSA) is 60.9 Å². The molecule has 0 saturated carbocycles. The van der Waals surface area contributed by atoms with Gasteiger partial charge in [-0.05, 0) is 31.4 Å². The molecule has 0 aliphatic carbocycles. The standard InChI is InChI=1S/C18H24N2O3/c21-11-9-15-8-4-5-10-19(15)16-12-17(22)20(18(16)23)13-14-6-2-1-3-7-14/h1-3,6-7,15-16,21H,4-5,8-13H2/t15-,16+/m1/s1. The number of carbonyl (C=O) groups excluding carboxylic acids is 2. The lowest BCUT2D eigenvalue weighted by Crippen LogP contribution is -2.50. The monoisotopic (exact) mass is 316 g/mol. The molecule has 5 heteroatoms. The van der Waals surface area contributed by atoms with E-state index in [4.69, 9.17) is 0 Å². The van der Waals surface area contributed by atoms with Gasteiger partial charge in [0.25, 0.3) is 0 Å². The van der Waals surface area contributed by atoms with Crippen LogP contribution >= 0.6 is 0 Å². The van der Waals surface area contributed by atoms with Crippen LogP contribution in [0.4, 0.5) is 0 Å². The number of piperidine rings is 1. The molecule has 2 aliphatic heterocycles. The van der Waals surface area contributed by atoms with Crippen LogP contribution in [0, 0.1) is 0 Å². The molecule has 5 nitrogen and oxygen atoms in total. The van der Waals surface area contributed by atoms with Gasteiger partial charge >= 0.3 is 0 Å². The summed E-state index contributed by atoms with van der Waals surface area (Å²) >= 11 is 0. The second-order valence-electron chi connectivity index (χ2n) is 6.42. The minimum absolute atomic E-state index is 0.0799. The summed E-state index contributed by atoms with van der Waals surface area (Å²) in [5.74, 6) is -0.166. The van der Waals surface area contributed by atoms with Gasteiger partial charge in [-0.15, -0.1) is 0 Å². The first-order valence-electron chi connectivity index (χ1n) is 8.45. The molecule has 124 valence electrons. The maximum Gasteiger partial charge on any atom is 0.247 e. The van der Waals surface area contributed by atoms with Crippen LogP contribution in [0.25, 0.3) is 0 Å². The number of aliphatic hydroxyl groups excluding tert-OH is 1. The Morgan fingerprint density at radius 2 is 1.91 bits per heavy atom. The van der Waals surface area contributed by atoms with Crippen molar-refractivity contribution in [1.82, 2.24) is 9.80 Å². The van der Waals surface area contributed by atoms with Crippen LogP contribution in [0.1, 0.15) is 37.7 Å². The largest absolute Gasteiger partial charge is 0.396 e. The van der Waals surface area contributed by atoms with Crippen molar-refractivity contribution in [2.24, 2.45) is 0 Å². The van der Waals surface area contributed by atoms with Crippen molar-refractivity contribution in [1.29, 1.82) is 0 Å². The lowest BCUT2D eigenvalue weighted by molar-refractivity contribution is -0.141. The number of imide groups is 1. The molecule has 3 rings (SSSR count). The van der Waals surface area contributed by atoms with E-state index in [0.717, 1.165) is 31.4 Å². The highest BCUT2D eigenvalue weighted by atomic mass is 16.3. The number of carbonyl (C=O) groups is 2. The van der Waals surface area contributed by atoms with Crippen LogP contribution in [0.15, 0.2) is 30.3 Å². The minimum atomic E-state index is -0.344. The van der Waals surface area contributed by atoms with Crippen molar-refractivity contribution in [2.45, 2.75) is 50.7 Å². The highest BCUT2D eigenvalue weighted by Gasteiger charge is 2.44. The molecule has 2 fully saturated rings. The first-order chi connectivity index (χ1) is 11.2. The minimum Gasteiger partial charge on any atom is -0.396 e. The van der Waals surface area contributed by atoms with Crippen LogP contribution in [0.5, 0.6) is 0 Å². The third-order valence-corrected chi connectivity index (χ3v) is 4.94. The van der Waals surface area contributed by atoms with E-state index in [0.29, 0.717) is 13.0 Å². The second-order valence-corrected chi connectivity index (χ2v) is 6.42. The van der Waals surface area contributed by atoms with Gasteiger partial charge < -0.3 is 5.11 Å². The normalized spacial score (nSPS) is 26.0. The van der Waals surface area contributed by atoms with Gasteiger partial charge in [0.2, 0.25) is 11.8 Å². The van der Waals surface area contributed by atoms with E-state index in [2.05, 4.69) is 4.90 Å². The van der Waals surface area contributed by atoms with Gasteiger partial charge in [0.15, 0.2) is 0 Å². The third kappa shape index (κ3) is 3.46. The van der Waals surface area contributed by atoms with E-state index < -0.39 is 0 Å². The summed E-state index contributed by atoms with van der Waals surface area (Å²) in [5, 5.41) is 9.25. The number of likely N-dealkylation sites (tertiary alicyclic amines) is 2. The Labute approximate surface area is 136 Å². The molecule has 1 aromatic rings. The Morgan fingerprint density at radius 1 is 1.13 bits per heavy atom. The average Bonchev–Trinajstić information content (AvgIpc) is 2.85. The summed E-state index contributed by atoms with van der Waals surface area (Å²) in [6.07, 6.45) is 4.13. The zero-order valence-electron chi connectivity index (χ0n) is 13.4.